The normalized spacial score (nSPS) is 12.4. The van der Waals surface area contributed by atoms with Gasteiger partial charge in [0.2, 0.25) is 0 Å². The predicted molar refractivity (Wildman–Crippen MR) is 118 cm³/mol. The molecule has 154 valence electrons. The number of hydrogen-bond acceptors (Lipinski definition) is 6. The molecule has 0 fully saturated rings. The van der Waals surface area contributed by atoms with Crippen LogP contribution in [0.5, 0.6) is 0 Å². The third-order valence-corrected chi connectivity index (χ3v) is 5.17. The highest BCUT2D eigenvalue weighted by Crippen LogP contribution is 2.33. The Balaban J connectivity index is 1.76. The number of rotatable bonds is 5. The summed E-state index contributed by atoms with van der Waals surface area (Å²) in [7, 11) is 0. The first kappa shape index (κ1) is 19.1. The van der Waals surface area contributed by atoms with E-state index >= 15 is 0 Å². The fourth-order valence-electron chi connectivity index (χ4n) is 3.62. The summed E-state index contributed by atoms with van der Waals surface area (Å²) in [6.45, 7) is 1.78. The Hall–Kier alpha value is -3.88. The van der Waals surface area contributed by atoms with Crippen molar-refractivity contribution in [1.82, 2.24) is 29.9 Å². The van der Waals surface area contributed by atoms with Crippen molar-refractivity contribution in [3.63, 3.8) is 0 Å². The monoisotopic (exact) mass is 411 g/mol. The van der Waals surface area contributed by atoms with Crippen LogP contribution in [-0.4, -0.2) is 35.1 Å². The van der Waals surface area contributed by atoms with E-state index in [1.807, 2.05) is 55.6 Å². The zero-order valence-electron chi connectivity index (χ0n) is 16.9. The SMILES string of the molecule is CC(N)c1cccc(-c2cc(-c3cc[nH]n3)c3cnn(-c4cccc(CO)n4)c3c2)n1. The fourth-order valence-corrected chi connectivity index (χ4v) is 3.62. The Morgan fingerprint density at radius 1 is 1.06 bits per heavy atom. The van der Waals surface area contributed by atoms with Gasteiger partial charge in [0, 0.05) is 28.8 Å². The summed E-state index contributed by atoms with van der Waals surface area (Å²) < 4.78 is 1.77. The predicted octanol–water partition coefficient (Wildman–Crippen LogP) is 3.38. The fraction of sp³-hybridized carbons (Fsp3) is 0.130. The molecule has 0 spiro atoms. The quantitative estimate of drug-likeness (QED) is 0.408. The number of aromatic nitrogens is 6. The third kappa shape index (κ3) is 3.48. The van der Waals surface area contributed by atoms with Gasteiger partial charge in [-0.15, -0.1) is 0 Å². The third-order valence-electron chi connectivity index (χ3n) is 5.17. The van der Waals surface area contributed by atoms with E-state index in [-0.39, 0.29) is 12.6 Å². The molecule has 1 aromatic carbocycles. The molecule has 4 heterocycles. The molecule has 0 aliphatic rings. The molecule has 4 aromatic heterocycles. The molecule has 8 heteroatoms. The maximum absolute atomic E-state index is 9.48. The van der Waals surface area contributed by atoms with E-state index in [1.54, 1.807) is 16.9 Å². The first-order valence-electron chi connectivity index (χ1n) is 9.96. The lowest BCUT2D eigenvalue weighted by Crippen LogP contribution is -2.07. The van der Waals surface area contributed by atoms with Crippen LogP contribution in [-0.2, 0) is 6.61 Å². The number of nitrogens with two attached hydrogens (primary N) is 1. The van der Waals surface area contributed by atoms with E-state index in [9.17, 15) is 5.11 Å². The molecule has 0 saturated carbocycles. The maximum Gasteiger partial charge on any atom is 0.154 e. The molecule has 0 aliphatic heterocycles. The van der Waals surface area contributed by atoms with Gasteiger partial charge in [-0.05, 0) is 49.4 Å². The molecule has 5 aromatic rings. The minimum Gasteiger partial charge on any atom is -0.390 e. The summed E-state index contributed by atoms with van der Waals surface area (Å²) in [6.07, 6.45) is 3.60. The second-order valence-corrected chi connectivity index (χ2v) is 7.35. The summed E-state index contributed by atoms with van der Waals surface area (Å²) >= 11 is 0. The number of nitrogens with one attached hydrogen (secondary N) is 1. The molecule has 4 N–H and O–H groups in total. The van der Waals surface area contributed by atoms with Gasteiger partial charge >= 0.3 is 0 Å². The number of pyridine rings is 2. The van der Waals surface area contributed by atoms with Crippen LogP contribution in [0.4, 0.5) is 0 Å². The maximum atomic E-state index is 9.48. The highest BCUT2D eigenvalue weighted by molar-refractivity contribution is 5.97. The average Bonchev–Trinajstić information content (AvgIpc) is 3.49. The summed E-state index contributed by atoms with van der Waals surface area (Å²) in [5.41, 5.74) is 11.8. The molecular formula is C23H21N7O. The largest absolute Gasteiger partial charge is 0.390 e. The molecular weight excluding hydrogens is 390 g/mol. The Kier molecular flexibility index (Phi) is 4.78. The molecule has 0 amide bonds. The second kappa shape index (κ2) is 7.75. The lowest BCUT2D eigenvalue weighted by molar-refractivity contribution is 0.276. The van der Waals surface area contributed by atoms with Gasteiger partial charge in [0.15, 0.2) is 5.82 Å². The van der Waals surface area contributed by atoms with E-state index in [4.69, 9.17) is 10.7 Å². The van der Waals surface area contributed by atoms with E-state index < -0.39 is 0 Å². The van der Waals surface area contributed by atoms with Crippen LogP contribution in [0.3, 0.4) is 0 Å². The van der Waals surface area contributed by atoms with Crippen molar-refractivity contribution in [2.24, 2.45) is 5.73 Å². The molecule has 31 heavy (non-hydrogen) atoms. The van der Waals surface area contributed by atoms with Gasteiger partial charge in [-0.25, -0.2) is 9.67 Å². The topological polar surface area (TPSA) is 119 Å². The number of aliphatic hydroxyl groups is 1. The van der Waals surface area contributed by atoms with Crippen LogP contribution in [0.1, 0.15) is 24.4 Å². The highest BCUT2D eigenvalue weighted by atomic mass is 16.3. The van der Waals surface area contributed by atoms with Crippen molar-refractivity contribution in [3.05, 3.63) is 78.4 Å². The second-order valence-electron chi connectivity index (χ2n) is 7.35. The van der Waals surface area contributed by atoms with Crippen molar-refractivity contribution in [3.8, 4) is 28.3 Å². The first-order chi connectivity index (χ1) is 15.1. The number of aliphatic hydroxyl groups excluding tert-OH is 1. The van der Waals surface area contributed by atoms with Gasteiger partial charge in [-0.2, -0.15) is 10.2 Å². The Morgan fingerprint density at radius 2 is 1.94 bits per heavy atom. The summed E-state index contributed by atoms with van der Waals surface area (Å²) in [5.74, 6) is 0.629. The zero-order chi connectivity index (χ0) is 21.4. The van der Waals surface area contributed by atoms with Crippen LogP contribution in [0.2, 0.25) is 0 Å². The summed E-state index contributed by atoms with van der Waals surface area (Å²) in [6, 6.07) is 17.2. The standard InChI is InChI=1S/C23H21N7O/c1-14(24)19-5-3-6-20(28-19)15-10-17(21-8-9-25-29-21)18-12-26-30(22(18)11-15)23-7-2-4-16(13-31)27-23/h2-12,14,31H,13,24H2,1H3,(H,25,29). The average molecular weight is 411 g/mol. The molecule has 0 radical (unpaired) electrons. The van der Waals surface area contributed by atoms with Crippen molar-refractivity contribution in [1.29, 1.82) is 0 Å². The van der Waals surface area contributed by atoms with E-state index in [2.05, 4.69) is 26.3 Å². The van der Waals surface area contributed by atoms with Crippen molar-refractivity contribution in [2.75, 3.05) is 0 Å². The van der Waals surface area contributed by atoms with Crippen LogP contribution in [0.15, 0.2) is 67.0 Å². The van der Waals surface area contributed by atoms with E-state index in [0.29, 0.717) is 11.5 Å². The molecule has 0 aliphatic carbocycles. The van der Waals surface area contributed by atoms with Crippen LogP contribution < -0.4 is 5.73 Å². The van der Waals surface area contributed by atoms with E-state index in [0.717, 1.165) is 39.1 Å². The van der Waals surface area contributed by atoms with Gasteiger partial charge in [0.1, 0.15) is 0 Å². The number of H-pyrrole nitrogens is 1. The molecule has 0 bridgehead atoms. The Morgan fingerprint density at radius 3 is 2.71 bits per heavy atom. The van der Waals surface area contributed by atoms with Crippen molar-refractivity contribution < 1.29 is 5.11 Å². The van der Waals surface area contributed by atoms with Crippen molar-refractivity contribution in [2.45, 2.75) is 19.6 Å². The Bertz CT molecular complexity index is 1360. The number of benzene rings is 1. The first-order valence-corrected chi connectivity index (χ1v) is 9.96. The number of nitrogens with zero attached hydrogens (tertiary/aromatic N) is 5. The minimum absolute atomic E-state index is 0.134. The number of aromatic amines is 1. The van der Waals surface area contributed by atoms with Gasteiger partial charge in [0.05, 0.1) is 41.1 Å². The Labute approximate surface area is 178 Å². The summed E-state index contributed by atoms with van der Waals surface area (Å²) in [5, 5.41) is 22.3. The molecule has 8 nitrogen and oxygen atoms in total. The van der Waals surface area contributed by atoms with E-state index in [1.165, 1.54) is 0 Å². The minimum atomic E-state index is -0.162. The lowest BCUT2D eigenvalue weighted by Gasteiger charge is -2.11. The number of fused-ring (bicyclic) bond motifs is 1. The molecule has 5 rings (SSSR count). The molecule has 0 saturated heterocycles. The van der Waals surface area contributed by atoms with Crippen LogP contribution in [0, 0.1) is 0 Å². The highest BCUT2D eigenvalue weighted by Gasteiger charge is 2.16. The number of hydrogen-bond donors (Lipinski definition) is 3. The lowest BCUT2D eigenvalue weighted by atomic mass is 10.0. The molecule has 1 unspecified atom stereocenters. The smallest absolute Gasteiger partial charge is 0.154 e. The molecule has 1 atom stereocenters. The van der Waals surface area contributed by atoms with Gasteiger partial charge in [-0.3, -0.25) is 10.1 Å². The van der Waals surface area contributed by atoms with Gasteiger partial charge < -0.3 is 10.8 Å². The van der Waals surface area contributed by atoms with Crippen LogP contribution in [0.25, 0.3) is 39.2 Å². The van der Waals surface area contributed by atoms with Crippen LogP contribution >= 0.6 is 0 Å². The van der Waals surface area contributed by atoms with Crippen molar-refractivity contribution >= 4 is 10.9 Å². The van der Waals surface area contributed by atoms with Gasteiger partial charge in [-0.1, -0.05) is 12.1 Å². The summed E-state index contributed by atoms with van der Waals surface area (Å²) in [4.78, 5) is 9.27. The zero-order valence-corrected chi connectivity index (χ0v) is 16.9. The van der Waals surface area contributed by atoms with Gasteiger partial charge in [0.25, 0.3) is 0 Å².